The van der Waals surface area contributed by atoms with Gasteiger partial charge in [-0.25, -0.2) is 0 Å². The molecule has 1 unspecified atom stereocenters. The molecule has 0 aromatic carbocycles. The zero-order valence-electron chi connectivity index (χ0n) is 12.5. The van der Waals surface area contributed by atoms with Crippen molar-refractivity contribution in [2.45, 2.75) is 59.1 Å². The van der Waals surface area contributed by atoms with Gasteiger partial charge >= 0.3 is 0 Å². The number of hydrogen-bond acceptors (Lipinski definition) is 3. The smallest absolute Gasteiger partial charge is 0.0596 e. The average Bonchev–Trinajstić information content (AvgIpc) is 2.27. The summed E-state index contributed by atoms with van der Waals surface area (Å²) >= 11 is 0. The van der Waals surface area contributed by atoms with Crippen LogP contribution >= 0.6 is 0 Å². The number of nitrogens with one attached hydrogen (secondary N) is 1. The van der Waals surface area contributed by atoms with Crippen LogP contribution in [-0.2, 0) is 4.74 Å². The molecule has 1 atom stereocenters. The molecule has 17 heavy (non-hydrogen) atoms. The lowest BCUT2D eigenvalue weighted by atomic mass is 10.2. The van der Waals surface area contributed by atoms with Crippen molar-refractivity contribution in [2.24, 2.45) is 0 Å². The first-order chi connectivity index (χ1) is 8.07. The normalized spacial score (nSPS) is 13.6. The summed E-state index contributed by atoms with van der Waals surface area (Å²) in [6.45, 7) is 12.7. The van der Waals surface area contributed by atoms with Gasteiger partial charge in [0.15, 0.2) is 0 Å². The van der Waals surface area contributed by atoms with Crippen molar-refractivity contribution in [1.29, 1.82) is 0 Å². The van der Waals surface area contributed by atoms with E-state index in [4.69, 9.17) is 4.74 Å². The van der Waals surface area contributed by atoms with E-state index in [2.05, 4.69) is 45.0 Å². The van der Waals surface area contributed by atoms with Gasteiger partial charge in [0.05, 0.1) is 12.7 Å². The summed E-state index contributed by atoms with van der Waals surface area (Å²) in [6, 6.07) is 0.576. The molecule has 1 N–H and O–H groups in total. The van der Waals surface area contributed by atoms with E-state index in [1.807, 2.05) is 0 Å². The summed E-state index contributed by atoms with van der Waals surface area (Å²) in [7, 11) is 2.17. The van der Waals surface area contributed by atoms with E-state index in [0.717, 1.165) is 26.2 Å². The number of unbranched alkanes of at least 4 members (excludes halogenated alkanes) is 2. The van der Waals surface area contributed by atoms with Crippen LogP contribution < -0.4 is 5.32 Å². The van der Waals surface area contributed by atoms with Crippen LogP contribution in [0.4, 0.5) is 0 Å². The number of nitrogens with zero attached hydrogens (tertiary/aromatic N) is 1. The van der Waals surface area contributed by atoms with Crippen LogP contribution in [0.1, 0.15) is 47.0 Å². The van der Waals surface area contributed by atoms with Gasteiger partial charge in [-0.05, 0) is 40.8 Å². The van der Waals surface area contributed by atoms with Crippen molar-refractivity contribution in [3.63, 3.8) is 0 Å². The van der Waals surface area contributed by atoms with Gasteiger partial charge in [-0.2, -0.15) is 0 Å². The molecular formula is C14H32N2O. The molecule has 104 valence electrons. The number of likely N-dealkylation sites (N-methyl/N-ethyl adjacent to an activating group) is 1. The fourth-order valence-electron chi connectivity index (χ4n) is 1.62. The van der Waals surface area contributed by atoms with Crippen LogP contribution in [0.5, 0.6) is 0 Å². The second-order valence-electron chi connectivity index (χ2n) is 5.16. The van der Waals surface area contributed by atoms with E-state index in [-0.39, 0.29) is 0 Å². The Morgan fingerprint density at radius 3 is 2.47 bits per heavy atom. The maximum absolute atomic E-state index is 5.56. The summed E-state index contributed by atoms with van der Waals surface area (Å²) in [5.74, 6) is 0. The second kappa shape index (κ2) is 11.0. The third-order valence-electron chi connectivity index (χ3n) is 3.04. The van der Waals surface area contributed by atoms with E-state index < -0.39 is 0 Å². The fourth-order valence-corrected chi connectivity index (χ4v) is 1.62. The lowest BCUT2D eigenvalue weighted by Gasteiger charge is -2.25. The summed E-state index contributed by atoms with van der Waals surface area (Å²) in [6.07, 6.45) is 4.26. The first-order valence-corrected chi connectivity index (χ1v) is 7.10. The van der Waals surface area contributed by atoms with Gasteiger partial charge < -0.3 is 15.0 Å². The van der Waals surface area contributed by atoms with Crippen LogP contribution in [-0.4, -0.2) is 50.3 Å². The van der Waals surface area contributed by atoms with Gasteiger partial charge in [-0.15, -0.1) is 0 Å². The van der Waals surface area contributed by atoms with Crippen LogP contribution in [0.2, 0.25) is 0 Å². The molecule has 0 spiro atoms. The Morgan fingerprint density at radius 1 is 1.18 bits per heavy atom. The molecule has 3 nitrogen and oxygen atoms in total. The van der Waals surface area contributed by atoms with E-state index in [1.54, 1.807) is 0 Å². The first kappa shape index (κ1) is 16.9. The van der Waals surface area contributed by atoms with Crippen LogP contribution in [0.3, 0.4) is 0 Å². The summed E-state index contributed by atoms with van der Waals surface area (Å²) in [5.41, 5.74) is 0. The third-order valence-corrected chi connectivity index (χ3v) is 3.04. The van der Waals surface area contributed by atoms with E-state index >= 15 is 0 Å². The molecule has 0 saturated heterocycles. The Balaban J connectivity index is 3.43. The molecule has 0 aliphatic rings. The van der Waals surface area contributed by atoms with Gasteiger partial charge in [0.2, 0.25) is 0 Å². The van der Waals surface area contributed by atoms with Crippen molar-refractivity contribution >= 4 is 0 Å². The molecule has 0 rings (SSSR count). The van der Waals surface area contributed by atoms with Gasteiger partial charge in [0.1, 0.15) is 0 Å². The predicted octanol–water partition coefficient (Wildman–Crippen LogP) is 2.51. The Labute approximate surface area is 108 Å². The zero-order valence-corrected chi connectivity index (χ0v) is 12.5. The molecule has 0 fully saturated rings. The minimum absolute atomic E-state index is 0.339. The number of ether oxygens (including phenoxy) is 1. The van der Waals surface area contributed by atoms with Gasteiger partial charge in [-0.3, -0.25) is 0 Å². The summed E-state index contributed by atoms with van der Waals surface area (Å²) in [4.78, 5) is 2.36. The Hall–Kier alpha value is -0.120. The molecule has 0 aromatic rings. The molecule has 0 amide bonds. The van der Waals surface area contributed by atoms with Crippen LogP contribution in [0.15, 0.2) is 0 Å². The molecule has 0 saturated carbocycles. The van der Waals surface area contributed by atoms with Crippen molar-refractivity contribution < 1.29 is 4.74 Å². The predicted molar refractivity (Wildman–Crippen MR) is 75.6 cm³/mol. The number of rotatable bonds is 11. The van der Waals surface area contributed by atoms with E-state index in [0.29, 0.717) is 12.1 Å². The second-order valence-corrected chi connectivity index (χ2v) is 5.16. The van der Waals surface area contributed by atoms with E-state index in [9.17, 15) is 0 Å². The minimum Gasteiger partial charge on any atom is -0.377 e. The minimum atomic E-state index is 0.339. The van der Waals surface area contributed by atoms with Crippen molar-refractivity contribution in [1.82, 2.24) is 10.2 Å². The monoisotopic (exact) mass is 244 g/mol. The lowest BCUT2D eigenvalue weighted by Crippen LogP contribution is -2.40. The highest BCUT2D eigenvalue weighted by Gasteiger charge is 2.08. The standard InChI is InChI=1S/C14H32N2O/c1-6-7-8-9-15-12-14(4)16(5)10-11-17-13(2)3/h13-15H,6-12H2,1-5H3. The quantitative estimate of drug-likeness (QED) is 0.565. The largest absolute Gasteiger partial charge is 0.377 e. The van der Waals surface area contributed by atoms with E-state index in [1.165, 1.54) is 19.3 Å². The van der Waals surface area contributed by atoms with Gasteiger partial charge in [0.25, 0.3) is 0 Å². The van der Waals surface area contributed by atoms with Gasteiger partial charge in [0, 0.05) is 19.1 Å². The summed E-state index contributed by atoms with van der Waals surface area (Å²) in [5, 5.41) is 3.52. The SMILES string of the molecule is CCCCCNCC(C)N(C)CCOC(C)C. The maximum Gasteiger partial charge on any atom is 0.0596 e. The molecule has 0 radical (unpaired) electrons. The molecule has 0 heterocycles. The zero-order chi connectivity index (χ0) is 13.1. The molecule has 0 aromatic heterocycles. The fraction of sp³-hybridized carbons (Fsp3) is 1.00. The molecular weight excluding hydrogens is 212 g/mol. The van der Waals surface area contributed by atoms with Gasteiger partial charge in [-0.1, -0.05) is 19.8 Å². The molecule has 0 aliphatic heterocycles. The van der Waals surface area contributed by atoms with Crippen LogP contribution in [0, 0.1) is 0 Å². The maximum atomic E-state index is 5.56. The van der Waals surface area contributed by atoms with Crippen molar-refractivity contribution in [2.75, 3.05) is 33.3 Å². The Kier molecular flexibility index (Phi) is 10.9. The van der Waals surface area contributed by atoms with Crippen molar-refractivity contribution in [3.8, 4) is 0 Å². The Morgan fingerprint density at radius 2 is 1.88 bits per heavy atom. The third kappa shape index (κ3) is 10.7. The highest BCUT2D eigenvalue weighted by atomic mass is 16.5. The highest BCUT2D eigenvalue weighted by Crippen LogP contribution is 1.96. The summed E-state index contributed by atoms with van der Waals surface area (Å²) < 4.78 is 5.56. The first-order valence-electron chi connectivity index (χ1n) is 7.10. The lowest BCUT2D eigenvalue weighted by molar-refractivity contribution is 0.0573. The van der Waals surface area contributed by atoms with Crippen molar-refractivity contribution in [3.05, 3.63) is 0 Å². The molecule has 0 aliphatic carbocycles. The topological polar surface area (TPSA) is 24.5 Å². The van der Waals surface area contributed by atoms with Crippen LogP contribution in [0.25, 0.3) is 0 Å². The highest BCUT2D eigenvalue weighted by molar-refractivity contribution is 4.66. The molecule has 0 bridgehead atoms. The molecule has 3 heteroatoms. The Bertz CT molecular complexity index is 162. The number of hydrogen-bond donors (Lipinski definition) is 1. The average molecular weight is 244 g/mol.